The van der Waals surface area contributed by atoms with E-state index in [2.05, 4.69) is 17.6 Å². The highest BCUT2D eigenvalue weighted by Crippen LogP contribution is 2.22. The number of hydrogen-bond donors (Lipinski definition) is 4. The first-order valence-electron chi connectivity index (χ1n) is 6.61. The van der Waals surface area contributed by atoms with Gasteiger partial charge in [-0.2, -0.15) is 0 Å². The van der Waals surface area contributed by atoms with Gasteiger partial charge >= 0.3 is 0 Å². The lowest BCUT2D eigenvalue weighted by Crippen LogP contribution is -2.47. The van der Waals surface area contributed by atoms with E-state index >= 15 is 0 Å². The molecule has 0 radical (unpaired) electrons. The molecule has 1 fully saturated rings. The van der Waals surface area contributed by atoms with Gasteiger partial charge in [-0.1, -0.05) is 6.92 Å². The number of aromatic hydroxyl groups is 2. The molecule has 2 unspecified atom stereocenters. The summed E-state index contributed by atoms with van der Waals surface area (Å²) < 4.78 is 0. The van der Waals surface area contributed by atoms with Crippen molar-refractivity contribution < 1.29 is 15.0 Å². The fourth-order valence-electron chi connectivity index (χ4n) is 2.39. The summed E-state index contributed by atoms with van der Waals surface area (Å²) in [6, 6.07) is 4.18. The summed E-state index contributed by atoms with van der Waals surface area (Å²) in [4.78, 5) is 12.0. The number of carbonyl (C=O) groups is 1. The van der Waals surface area contributed by atoms with Crippen LogP contribution >= 0.6 is 0 Å². The van der Waals surface area contributed by atoms with Crippen molar-refractivity contribution in [3.63, 3.8) is 0 Å². The van der Waals surface area contributed by atoms with Crippen molar-refractivity contribution in [1.82, 2.24) is 10.6 Å². The average molecular weight is 264 g/mol. The van der Waals surface area contributed by atoms with Crippen LogP contribution in [0.5, 0.6) is 11.5 Å². The highest BCUT2D eigenvalue weighted by atomic mass is 16.3. The van der Waals surface area contributed by atoms with Crippen molar-refractivity contribution in [2.24, 2.45) is 5.92 Å². The molecule has 1 aromatic rings. The quantitative estimate of drug-likeness (QED) is 0.619. The topological polar surface area (TPSA) is 81.6 Å². The summed E-state index contributed by atoms with van der Waals surface area (Å²) >= 11 is 0. The van der Waals surface area contributed by atoms with Crippen molar-refractivity contribution >= 4 is 5.91 Å². The van der Waals surface area contributed by atoms with Crippen LogP contribution in [0.15, 0.2) is 18.2 Å². The van der Waals surface area contributed by atoms with Gasteiger partial charge in [0, 0.05) is 12.6 Å². The lowest BCUT2D eigenvalue weighted by Gasteiger charge is -2.30. The lowest BCUT2D eigenvalue weighted by atomic mass is 9.93. The molecule has 5 heteroatoms. The van der Waals surface area contributed by atoms with Gasteiger partial charge in [0.2, 0.25) is 0 Å². The Morgan fingerprint density at radius 1 is 1.47 bits per heavy atom. The molecule has 104 valence electrons. The number of rotatable bonds is 3. The van der Waals surface area contributed by atoms with Gasteiger partial charge in [0.25, 0.3) is 5.91 Å². The molecule has 2 rings (SSSR count). The average Bonchev–Trinajstić information content (AvgIpc) is 2.40. The minimum absolute atomic E-state index is 0.0351. The standard InChI is InChI=1S/C14H20N2O3/c1-9-3-2-6-15-12(9)8-16-14(19)11-7-10(17)4-5-13(11)18/h4-5,7,9,12,15,17-18H,2-3,6,8H2,1H3,(H,16,19). The normalized spacial score (nSPS) is 23.0. The number of carbonyl (C=O) groups excluding carboxylic acids is 1. The maximum absolute atomic E-state index is 12.0. The molecule has 0 saturated carbocycles. The van der Waals surface area contributed by atoms with E-state index in [4.69, 9.17) is 0 Å². The maximum atomic E-state index is 12.0. The predicted octanol–water partition coefficient (Wildman–Crippen LogP) is 1.22. The monoisotopic (exact) mass is 264 g/mol. The second kappa shape index (κ2) is 5.93. The van der Waals surface area contributed by atoms with Crippen LogP contribution in [0, 0.1) is 5.92 Å². The van der Waals surface area contributed by atoms with Gasteiger partial charge in [0.15, 0.2) is 0 Å². The first kappa shape index (κ1) is 13.7. The van der Waals surface area contributed by atoms with Crippen LogP contribution in [0.25, 0.3) is 0 Å². The Bertz CT molecular complexity index is 462. The fourth-order valence-corrected chi connectivity index (χ4v) is 2.39. The van der Waals surface area contributed by atoms with E-state index in [1.54, 1.807) is 0 Å². The Labute approximate surface area is 112 Å². The first-order valence-corrected chi connectivity index (χ1v) is 6.61. The third-order valence-corrected chi connectivity index (χ3v) is 3.64. The number of phenols is 2. The first-order chi connectivity index (χ1) is 9.08. The highest BCUT2D eigenvalue weighted by Gasteiger charge is 2.21. The number of amides is 1. The molecule has 1 aromatic carbocycles. The molecule has 1 heterocycles. The molecule has 2 atom stereocenters. The molecule has 1 saturated heterocycles. The zero-order valence-electron chi connectivity index (χ0n) is 11.0. The Morgan fingerprint density at radius 3 is 3.00 bits per heavy atom. The molecule has 4 N–H and O–H groups in total. The van der Waals surface area contributed by atoms with E-state index in [1.807, 2.05) is 0 Å². The third-order valence-electron chi connectivity index (χ3n) is 3.64. The van der Waals surface area contributed by atoms with E-state index in [9.17, 15) is 15.0 Å². The molecule has 0 aliphatic carbocycles. The lowest BCUT2D eigenvalue weighted by molar-refractivity contribution is 0.0940. The van der Waals surface area contributed by atoms with E-state index < -0.39 is 0 Å². The van der Waals surface area contributed by atoms with Gasteiger partial charge in [-0.3, -0.25) is 4.79 Å². The summed E-state index contributed by atoms with van der Waals surface area (Å²) in [5.74, 6) is -0.00754. The summed E-state index contributed by atoms with van der Waals surface area (Å²) in [5.41, 5.74) is 0.100. The summed E-state index contributed by atoms with van der Waals surface area (Å²) in [7, 11) is 0. The van der Waals surface area contributed by atoms with Crippen molar-refractivity contribution in [2.75, 3.05) is 13.1 Å². The van der Waals surface area contributed by atoms with Crippen molar-refractivity contribution in [2.45, 2.75) is 25.8 Å². The second-order valence-electron chi connectivity index (χ2n) is 5.09. The minimum Gasteiger partial charge on any atom is -0.508 e. The molecular weight excluding hydrogens is 244 g/mol. The molecule has 5 nitrogen and oxygen atoms in total. The number of benzene rings is 1. The van der Waals surface area contributed by atoms with Crippen LogP contribution in [-0.4, -0.2) is 35.3 Å². The Balaban J connectivity index is 1.95. The van der Waals surface area contributed by atoms with Crippen molar-refractivity contribution in [3.8, 4) is 11.5 Å². The van der Waals surface area contributed by atoms with Crippen molar-refractivity contribution in [3.05, 3.63) is 23.8 Å². The van der Waals surface area contributed by atoms with E-state index in [0.717, 1.165) is 13.0 Å². The molecule has 0 spiro atoms. The molecule has 0 aromatic heterocycles. The van der Waals surface area contributed by atoms with Gasteiger partial charge in [0.1, 0.15) is 11.5 Å². The Morgan fingerprint density at radius 2 is 2.26 bits per heavy atom. The van der Waals surface area contributed by atoms with Crippen LogP contribution < -0.4 is 10.6 Å². The van der Waals surface area contributed by atoms with Crippen LogP contribution in [0.3, 0.4) is 0 Å². The van der Waals surface area contributed by atoms with Crippen LogP contribution in [0.4, 0.5) is 0 Å². The fraction of sp³-hybridized carbons (Fsp3) is 0.500. The molecule has 1 amide bonds. The number of piperidine rings is 1. The SMILES string of the molecule is CC1CCCNC1CNC(=O)c1cc(O)ccc1O. The van der Waals surface area contributed by atoms with Crippen LogP contribution in [0.1, 0.15) is 30.1 Å². The number of phenolic OH excluding ortho intramolecular Hbond substituents is 2. The Kier molecular flexibility index (Phi) is 4.27. The zero-order valence-corrected chi connectivity index (χ0v) is 11.0. The molecular formula is C14H20N2O3. The molecule has 1 aliphatic heterocycles. The van der Waals surface area contributed by atoms with E-state index in [0.29, 0.717) is 12.5 Å². The van der Waals surface area contributed by atoms with Crippen LogP contribution in [-0.2, 0) is 0 Å². The van der Waals surface area contributed by atoms with Crippen LogP contribution in [0.2, 0.25) is 0 Å². The van der Waals surface area contributed by atoms with Gasteiger partial charge in [0.05, 0.1) is 5.56 Å². The number of hydrogen-bond acceptors (Lipinski definition) is 4. The van der Waals surface area contributed by atoms with Crippen molar-refractivity contribution in [1.29, 1.82) is 0 Å². The smallest absolute Gasteiger partial charge is 0.255 e. The third kappa shape index (κ3) is 3.38. The van der Waals surface area contributed by atoms with Gasteiger partial charge in [-0.05, 0) is 43.5 Å². The van der Waals surface area contributed by atoms with E-state index in [-0.39, 0.29) is 29.0 Å². The number of nitrogens with one attached hydrogen (secondary N) is 2. The van der Waals surface area contributed by atoms with E-state index in [1.165, 1.54) is 24.6 Å². The largest absolute Gasteiger partial charge is 0.508 e. The molecule has 0 bridgehead atoms. The molecule has 19 heavy (non-hydrogen) atoms. The second-order valence-corrected chi connectivity index (χ2v) is 5.09. The highest BCUT2D eigenvalue weighted by molar-refractivity contribution is 5.97. The molecule has 1 aliphatic rings. The van der Waals surface area contributed by atoms with Gasteiger partial charge in [-0.15, -0.1) is 0 Å². The predicted molar refractivity (Wildman–Crippen MR) is 72.3 cm³/mol. The summed E-state index contributed by atoms with van der Waals surface area (Å²) in [6.07, 6.45) is 2.32. The summed E-state index contributed by atoms with van der Waals surface area (Å²) in [6.45, 7) is 3.66. The van der Waals surface area contributed by atoms with Gasteiger partial charge < -0.3 is 20.8 Å². The zero-order chi connectivity index (χ0) is 13.8. The summed E-state index contributed by atoms with van der Waals surface area (Å²) in [5, 5.41) is 25.1. The minimum atomic E-state index is -0.368. The van der Waals surface area contributed by atoms with Gasteiger partial charge in [-0.25, -0.2) is 0 Å². The Hall–Kier alpha value is -1.75. The maximum Gasteiger partial charge on any atom is 0.255 e.